The van der Waals surface area contributed by atoms with E-state index in [0.717, 1.165) is 50.2 Å². The van der Waals surface area contributed by atoms with Gasteiger partial charge in [0.15, 0.2) is 0 Å². The highest BCUT2D eigenvalue weighted by atomic mass is 32.2. The molecule has 1 fully saturated rings. The van der Waals surface area contributed by atoms with Gasteiger partial charge in [-0.1, -0.05) is 30.3 Å². The van der Waals surface area contributed by atoms with Gasteiger partial charge in [-0.25, -0.2) is 18.1 Å². The highest BCUT2D eigenvalue weighted by Gasteiger charge is 2.25. The van der Waals surface area contributed by atoms with E-state index in [-0.39, 0.29) is 10.4 Å². The number of benzene rings is 1. The van der Waals surface area contributed by atoms with E-state index >= 15 is 0 Å². The molecule has 1 saturated heterocycles. The van der Waals surface area contributed by atoms with Crippen LogP contribution in [0.3, 0.4) is 0 Å². The predicted molar refractivity (Wildman–Crippen MR) is 92.0 cm³/mol. The predicted octanol–water partition coefficient (Wildman–Crippen LogP) is 2.13. The third-order valence-electron chi connectivity index (χ3n) is 4.11. The van der Waals surface area contributed by atoms with E-state index in [4.69, 9.17) is 0 Å². The molecule has 124 valence electrons. The molecule has 0 bridgehead atoms. The van der Waals surface area contributed by atoms with Crippen LogP contribution in [0.4, 0.5) is 0 Å². The van der Waals surface area contributed by atoms with Crippen LogP contribution in [0.25, 0.3) is 0 Å². The molecule has 3 rings (SSSR count). The van der Waals surface area contributed by atoms with E-state index in [1.807, 2.05) is 6.07 Å². The molecule has 1 N–H and O–H groups in total. The zero-order chi connectivity index (χ0) is 16.1. The lowest BCUT2D eigenvalue weighted by Crippen LogP contribution is -2.45. The first-order valence-electron chi connectivity index (χ1n) is 7.81. The van der Waals surface area contributed by atoms with E-state index in [0.29, 0.717) is 0 Å². The van der Waals surface area contributed by atoms with Gasteiger partial charge in [-0.15, -0.1) is 11.3 Å². The Morgan fingerprint density at radius 1 is 1.22 bits per heavy atom. The van der Waals surface area contributed by atoms with Crippen molar-refractivity contribution in [3.05, 3.63) is 47.5 Å². The Kier molecular flexibility index (Phi) is 5.42. The zero-order valence-corrected chi connectivity index (χ0v) is 14.5. The average molecular weight is 351 g/mol. The van der Waals surface area contributed by atoms with Crippen molar-refractivity contribution in [2.24, 2.45) is 0 Å². The van der Waals surface area contributed by atoms with Crippen molar-refractivity contribution in [2.45, 2.75) is 29.6 Å². The van der Waals surface area contributed by atoms with Crippen LogP contribution in [0.1, 0.15) is 18.4 Å². The summed E-state index contributed by atoms with van der Waals surface area (Å²) in [6.07, 6.45) is 4.25. The topological polar surface area (TPSA) is 62.3 Å². The summed E-state index contributed by atoms with van der Waals surface area (Å²) in [6, 6.07) is 10.5. The summed E-state index contributed by atoms with van der Waals surface area (Å²) < 4.78 is 27.3. The largest absolute Gasteiger partial charge is 0.303 e. The quantitative estimate of drug-likeness (QED) is 0.866. The summed E-state index contributed by atoms with van der Waals surface area (Å²) in [4.78, 5) is 6.29. The van der Waals surface area contributed by atoms with Gasteiger partial charge in [0.1, 0.15) is 0 Å². The van der Waals surface area contributed by atoms with Crippen molar-refractivity contribution >= 4 is 21.4 Å². The Labute approximate surface area is 141 Å². The fourth-order valence-corrected chi connectivity index (χ4v) is 4.97. The molecule has 2 heterocycles. The number of nitrogens with one attached hydrogen (secondary N) is 1. The number of sulfonamides is 1. The maximum Gasteiger partial charge on any atom is 0.268 e. The molecule has 1 aliphatic rings. The van der Waals surface area contributed by atoms with Crippen molar-refractivity contribution in [3.8, 4) is 0 Å². The summed E-state index contributed by atoms with van der Waals surface area (Å²) in [6.45, 7) is 2.88. The van der Waals surface area contributed by atoms with Crippen LogP contribution in [0.2, 0.25) is 0 Å². The van der Waals surface area contributed by atoms with Crippen LogP contribution in [0, 0.1) is 0 Å². The van der Waals surface area contributed by atoms with Crippen LogP contribution >= 0.6 is 11.3 Å². The molecule has 2 aromatic rings. The Bertz CT molecular complexity index is 694. The molecule has 1 aromatic heterocycles. The van der Waals surface area contributed by atoms with Gasteiger partial charge in [0, 0.05) is 24.2 Å². The van der Waals surface area contributed by atoms with E-state index < -0.39 is 10.0 Å². The number of nitrogens with zero attached hydrogens (tertiary/aromatic N) is 2. The SMILES string of the molecule is O=S(=O)(NC1CCN(CCc2ccccc2)CC1)c1nccs1. The first-order chi connectivity index (χ1) is 11.1. The minimum atomic E-state index is -3.45. The number of hydrogen-bond donors (Lipinski definition) is 1. The maximum absolute atomic E-state index is 12.2. The average Bonchev–Trinajstić information content (AvgIpc) is 3.10. The van der Waals surface area contributed by atoms with Gasteiger partial charge in [0.2, 0.25) is 4.34 Å². The van der Waals surface area contributed by atoms with Gasteiger partial charge in [0.05, 0.1) is 0 Å². The molecule has 1 aliphatic heterocycles. The van der Waals surface area contributed by atoms with Crippen molar-refractivity contribution < 1.29 is 8.42 Å². The van der Waals surface area contributed by atoms with Crippen LogP contribution < -0.4 is 4.72 Å². The van der Waals surface area contributed by atoms with Gasteiger partial charge in [0.25, 0.3) is 10.0 Å². The lowest BCUT2D eigenvalue weighted by molar-refractivity contribution is 0.209. The number of thiazole rings is 1. The van der Waals surface area contributed by atoms with Gasteiger partial charge in [-0.05, 0) is 37.9 Å². The van der Waals surface area contributed by atoms with Crippen molar-refractivity contribution in [1.82, 2.24) is 14.6 Å². The van der Waals surface area contributed by atoms with Gasteiger partial charge in [-0.2, -0.15) is 0 Å². The summed E-state index contributed by atoms with van der Waals surface area (Å²) >= 11 is 1.15. The summed E-state index contributed by atoms with van der Waals surface area (Å²) in [5, 5.41) is 1.68. The third-order valence-corrected chi connectivity index (χ3v) is 6.83. The Morgan fingerprint density at radius 3 is 2.61 bits per heavy atom. The number of rotatable bonds is 6. The lowest BCUT2D eigenvalue weighted by atomic mass is 10.1. The molecule has 0 unspecified atom stereocenters. The molecular formula is C16H21N3O2S2. The molecular weight excluding hydrogens is 330 g/mol. The molecule has 0 radical (unpaired) electrons. The summed E-state index contributed by atoms with van der Waals surface area (Å²) in [7, 11) is -3.45. The highest BCUT2D eigenvalue weighted by Crippen LogP contribution is 2.16. The fourth-order valence-electron chi connectivity index (χ4n) is 2.82. The molecule has 5 nitrogen and oxygen atoms in total. The van der Waals surface area contributed by atoms with Crippen LogP contribution in [0.5, 0.6) is 0 Å². The summed E-state index contributed by atoms with van der Waals surface area (Å²) in [5.74, 6) is 0. The minimum Gasteiger partial charge on any atom is -0.303 e. The van der Waals surface area contributed by atoms with Gasteiger partial charge in [-0.3, -0.25) is 0 Å². The Hall–Kier alpha value is -1.28. The monoisotopic (exact) mass is 351 g/mol. The molecule has 0 atom stereocenters. The Morgan fingerprint density at radius 2 is 1.96 bits per heavy atom. The van der Waals surface area contributed by atoms with Gasteiger partial charge < -0.3 is 4.90 Å². The van der Waals surface area contributed by atoms with E-state index in [2.05, 4.69) is 38.9 Å². The van der Waals surface area contributed by atoms with E-state index in [1.54, 1.807) is 5.38 Å². The van der Waals surface area contributed by atoms with Crippen molar-refractivity contribution in [2.75, 3.05) is 19.6 Å². The molecule has 23 heavy (non-hydrogen) atoms. The van der Waals surface area contributed by atoms with Crippen LogP contribution in [-0.2, 0) is 16.4 Å². The molecule has 0 aliphatic carbocycles. The minimum absolute atomic E-state index is 0.0110. The Balaban J connectivity index is 1.45. The molecule has 1 aromatic carbocycles. The zero-order valence-electron chi connectivity index (χ0n) is 12.9. The standard InChI is InChI=1S/C16H21N3O2S2/c20-23(21,16-17-9-13-22-16)18-15-7-11-19(12-8-15)10-6-14-4-2-1-3-5-14/h1-5,9,13,15,18H,6-8,10-12H2. The second-order valence-corrected chi connectivity index (χ2v) is 8.55. The highest BCUT2D eigenvalue weighted by molar-refractivity contribution is 7.91. The van der Waals surface area contributed by atoms with Crippen molar-refractivity contribution in [3.63, 3.8) is 0 Å². The lowest BCUT2D eigenvalue weighted by Gasteiger charge is -2.32. The maximum atomic E-state index is 12.2. The number of piperidine rings is 1. The molecule has 7 heteroatoms. The van der Waals surface area contributed by atoms with Crippen LogP contribution in [0.15, 0.2) is 46.2 Å². The fraction of sp³-hybridized carbons (Fsp3) is 0.438. The first-order valence-corrected chi connectivity index (χ1v) is 10.2. The van der Waals surface area contributed by atoms with Crippen LogP contribution in [-0.4, -0.2) is 44.0 Å². The van der Waals surface area contributed by atoms with E-state index in [9.17, 15) is 8.42 Å². The molecule has 0 spiro atoms. The first kappa shape index (κ1) is 16.6. The van der Waals surface area contributed by atoms with Crippen molar-refractivity contribution in [1.29, 1.82) is 0 Å². The second-order valence-electron chi connectivity index (χ2n) is 5.77. The molecule has 0 amide bonds. The summed E-state index contributed by atoms with van der Waals surface area (Å²) in [5.41, 5.74) is 1.35. The second kappa shape index (κ2) is 7.53. The normalized spacial score (nSPS) is 17.4. The van der Waals surface area contributed by atoms with E-state index in [1.165, 1.54) is 11.8 Å². The third kappa shape index (κ3) is 4.60. The molecule has 0 saturated carbocycles. The number of aromatic nitrogens is 1. The van der Waals surface area contributed by atoms with Gasteiger partial charge >= 0.3 is 0 Å². The smallest absolute Gasteiger partial charge is 0.268 e. The number of hydrogen-bond acceptors (Lipinski definition) is 5. The number of likely N-dealkylation sites (tertiary alicyclic amines) is 1.